The Morgan fingerprint density at radius 2 is 2.30 bits per heavy atom. The minimum atomic E-state index is -0.390. The van der Waals surface area contributed by atoms with Gasteiger partial charge < -0.3 is 5.32 Å². The summed E-state index contributed by atoms with van der Waals surface area (Å²) in [5.41, 5.74) is 1.69. The van der Waals surface area contributed by atoms with E-state index in [4.69, 9.17) is 0 Å². The fourth-order valence-corrected chi connectivity index (χ4v) is 0.901. The summed E-state index contributed by atoms with van der Waals surface area (Å²) in [7, 11) is 0. The molecule has 1 aliphatic heterocycles. The Hall–Kier alpha value is -1.58. The van der Waals surface area contributed by atoms with E-state index in [-0.39, 0.29) is 5.69 Å². The van der Waals surface area contributed by atoms with E-state index in [1.165, 1.54) is 6.07 Å². The molecule has 4 heteroatoms. The first kappa shape index (κ1) is 5.22. The average molecular weight is 136 g/mol. The summed E-state index contributed by atoms with van der Waals surface area (Å²) in [6, 6.07) is 4.96. The quantitative estimate of drug-likeness (QED) is 0.368. The molecule has 1 heterocycles. The van der Waals surface area contributed by atoms with E-state index in [0.717, 1.165) is 5.69 Å². The standard InChI is InChI=1S/C6H4N2O2/c9-8(10)5-3-1-2-4-6(5)7-4/h1-3,7H. The summed E-state index contributed by atoms with van der Waals surface area (Å²) in [6.45, 7) is 0. The first-order valence-electron chi connectivity index (χ1n) is 2.83. The number of nitrogens with zero attached hydrogens (tertiary/aromatic N) is 1. The van der Waals surface area contributed by atoms with Gasteiger partial charge in [0.25, 0.3) is 5.69 Å². The first-order valence-corrected chi connectivity index (χ1v) is 2.83. The topological polar surface area (TPSA) is 65.1 Å². The van der Waals surface area contributed by atoms with Crippen LogP contribution in [0.1, 0.15) is 0 Å². The zero-order valence-electron chi connectivity index (χ0n) is 5.00. The third-order valence-corrected chi connectivity index (χ3v) is 1.44. The van der Waals surface area contributed by atoms with Crippen molar-refractivity contribution in [1.82, 2.24) is 0 Å². The van der Waals surface area contributed by atoms with Crippen LogP contribution >= 0.6 is 0 Å². The zero-order chi connectivity index (χ0) is 7.14. The first-order chi connectivity index (χ1) is 4.79. The van der Waals surface area contributed by atoms with Crippen molar-refractivity contribution in [3.05, 3.63) is 28.3 Å². The third kappa shape index (κ3) is 0.556. The number of nitro groups is 1. The highest BCUT2D eigenvalue weighted by atomic mass is 16.6. The fourth-order valence-electron chi connectivity index (χ4n) is 0.901. The number of nitrogens with one attached hydrogen (secondary N) is 1. The van der Waals surface area contributed by atoms with Crippen LogP contribution in [-0.2, 0) is 0 Å². The Morgan fingerprint density at radius 1 is 1.50 bits per heavy atom. The predicted octanol–water partition coefficient (Wildman–Crippen LogP) is 1.65. The molecule has 0 spiro atoms. The molecular formula is C6H4N2O2. The normalized spacial score (nSPS) is 11.6. The molecule has 0 aromatic heterocycles. The maximum absolute atomic E-state index is 10.2. The summed E-state index contributed by atoms with van der Waals surface area (Å²) in [4.78, 5) is 9.83. The molecule has 0 saturated heterocycles. The molecule has 1 aromatic rings. The van der Waals surface area contributed by atoms with Gasteiger partial charge in [0.05, 0.1) is 10.6 Å². The molecule has 0 aliphatic carbocycles. The van der Waals surface area contributed by atoms with Crippen LogP contribution in [0.4, 0.5) is 17.1 Å². The van der Waals surface area contributed by atoms with Gasteiger partial charge in [-0.3, -0.25) is 10.1 Å². The second-order valence-corrected chi connectivity index (χ2v) is 2.08. The van der Waals surface area contributed by atoms with Crippen LogP contribution in [0, 0.1) is 10.1 Å². The molecule has 0 amide bonds. The van der Waals surface area contributed by atoms with Crippen LogP contribution in [0.2, 0.25) is 0 Å². The van der Waals surface area contributed by atoms with Crippen molar-refractivity contribution in [3.63, 3.8) is 0 Å². The van der Waals surface area contributed by atoms with Crippen molar-refractivity contribution in [2.24, 2.45) is 0 Å². The summed E-state index contributed by atoms with van der Waals surface area (Å²) in [6.07, 6.45) is 0. The van der Waals surface area contributed by atoms with Crippen molar-refractivity contribution < 1.29 is 4.92 Å². The highest BCUT2D eigenvalue weighted by molar-refractivity contribution is 5.96. The van der Waals surface area contributed by atoms with Crippen LogP contribution < -0.4 is 5.32 Å². The van der Waals surface area contributed by atoms with Gasteiger partial charge in [-0.15, -0.1) is 0 Å². The number of rotatable bonds is 1. The number of nitro benzene ring substituents is 1. The molecule has 0 unspecified atom stereocenters. The molecule has 0 bridgehead atoms. The predicted molar refractivity (Wildman–Crippen MR) is 36.4 cm³/mol. The van der Waals surface area contributed by atoms with Crippen LogP contribution in [0.3, 0.4) is 0 Å². The van der Waals surface area contributed by atoms with Crippen molar-refractivity contribution in [2.75, 3.05) is 5.32 Å². The number of hydrogen-bond acceptors (Lipinski definition) is 3. The molecule has 4 nitrogen and oxygen atoms in total. The zero-order valence-corrected chi connectivity index (χ0v) is 5.00. The van der Waals surface area contributed by atoms with E-state index < -0.39 is 4.92 Å². The van der Waals surface area contributed by atoms with Crippen molar-refractivity contribution in [1.29, 1.82) is 0 Å². The summed E-state index contributed by atoms with van der Waals surface area (Å²) >= 11 is 0. The molecule has 0 radical (unpaired) electrons. The minimum absolute atomic E-state index is 0.164. The highest BCUT2D eigenvalue weighted by Gasteiger charge is 2.26. The lowest BCUT2D eigenvalue weighted by Gasteiger charge is -1.83. The largest absolute Gasteiger partial charge is 0.346 e. The van der Waals surface area contributed by atoms with Gasteiger partial charge in [0, 0.05) is 6.07 Å². The van der Waals surface area contributed by atoms with Gasteiger partial charge >= 0.3 is 0 Å². The van der Waals surface area contributed by atoms with Gasteiger partial charge in [0.2, 0.25) is 0 Å². The molecule has 50 valence electrons. The summed E-state index contributed by atoms with van der Waals surface area (Å²) < 4.78 is 0. The average Bonchev–Trinajstić information content (AvgIpc) is 2.63. The molecule has 0 fully saturated rings. The minimum Gasteiger partial charge on any atom is -0.346 e. The van der Waals surface area contributed by atoms with Gasteiger partial charge in [-0.25, -0.2) is 0 Å². The lowest BCUT2D eigenvalue weighted by molar-refractivity contribution is -0.383. The molecule has 1 aliphatic rings. The molecule has 0 saturated carbocycles. The number of hydrogen-bond donors (Lipinski definition) is 1. The van der Waals surface area contributed by atoms with Crippen LogP contribution in [0.15, 0.2) is 18.2 Å². The number of anilines is 2. The second kappa shape index (κ2) is 1.47. The fraction of sp³-hybridized carbons (Fsp3) is 0. The lowest BCUT2D eigenvalue weighted by Crippen LogP contribution is -1.84. The van der Waals surface area contributed by atoms with Crippen LogP contribution in [-0.4, -0.2) is 4.92 Å². The monoisotopic (exact) mass is 136 g/mol. The Kier molecular flexibility index (Phi) is 0.768. The molecule has 0 atom stereocenters. The van der Waals surface area contributed by atoms with Crippen LogP contribution in [0.5, 0.6) is 0 Å². The molecule has 1 aromatic carbocycles. The number of benzene rings is 1. The lowest BCUT2D eigenvalue weighted by atomic mass is 10.3. The van der Waals surface area contributed by atoms with E-state index >= 15 is 0 Å². The number of fused-ring (bicyclic) bond motifs is 1. The summed E-state index contributed by atoms with van der Waals surface area (Å²) in [5, 5.41) is 13.0. The van der Waals surface area contributed by atoms with E-state index in [2.05, 4.69) is 5.32 Å². The van der Waals surface area contributed by atoms with Gasteiger partial charge in [0.1, 0.15) is 5.69 Å². The van der Waals surface area contributed by atoms with E-state index in [1.807, 2.05) is 6.07 Å². The Balaban J connectivity index is 2.56. The Morgan fingerprint density at radius 3 is 2.90 bits per heavy atom. The molecular weight excluding hydrogens is 132 g/mol. The second-order valence-electron chi connectivity index (χ2n) is 2.08. The van der Waals surface area contributed by atoms with E-state index in [9.17, 15) is 10.1 Å². The third-order valence-electron chi connectivity index (χ3n) is 1.44. The van der Waals surface area contributed by atoms with E-state index in [0.29, 0.717) is 5.69 Å². The van der Waals surface area contributed by atoms with Crippen molar-refractivity contribution in [3.8, 4) is 0 Å². The van der Waals surface area contributed by atoms with E-state index in [1.54, 1.807) is 6.07 Å². The Bertz CT molecular complexity index is 309. The SMILES string of the molecule is O=[N+]([O-])c1cccc2c1N2. The maximum atomic E-state index is 10.2. The van der Waals surface area contributed by atoms with Crippen molar-refractivity contribution in [2.45, 2.75) is 0 Å². The van der Waals surface area contributed by atoms with Gasteiger partial charge in [0.15, 0.2) is 0 Å². The summed E-state index contributed by atoms with van der Waals surface area (Å²) in [5.74, 6) is 0. The van der Waals surface area contributed by atoms with Gasteiger partial charge in [-0.05, 0) is 6.07 Å². The molecule has 1 N–H and O–H groups in total. The maximum Gasteiger partial charge on any atom is 0.294 e. The molecule has 10 heavy (non-hydrogen) atoms. The van der Waals surface area contributed by atoms with Crippen molar-refractivity contribution >= 4 is 17.1 Å². The molecule has 2 rings (SSSR count). The Labute approximate surface area is 56.6 Å². The van der Waals surface area contributed by atoms with Gasteiger partial charge in [-0.1, -0.05) is 6.07 Å². The van der Waals surface area contributed by atoms with Crippen LogP contribution in [0.25, 0.3) is 0 Å². The van der Waals surface area contributed by atoms with Gasteiger partial charge in [-0.2, -0.15) is 0 Å². The smallest absolute Gasteiger partial charge is 0.294 e. The highest BCUT2D eigenvalue weighted by Crippen LogP contribution is 2.45. The number of para-hydroxylation sites is 1.